The Hall–Kier alpha value is -1.84. The van der Waals surface area contributed by atoms with Crippen LogP contribution in [0.25, 0.3) is 0 Å². The second kappa shape index (κ2) is 5.41. The highest BCUT2D eigenvalue weighted by Crippen LogP contribution is 2.54. The van der Waals surface area contributed by atoms with Gasteiger partial charge in [-0.3, -0.25) is 9.69 Å². The van der Waals surface area contributed by atoms with Crippen LogP contribution in [0.2, 0.25) is 0 Å². The van der Waals surface area contributed by atoms with Crippen LogP contribution in [0.1, 0.15) is 45.2 Å². The standard InChI is InChI=1S/C18H25NO3/c1-12-7-9-13(10-8-12)18(5)11-14(18)15(20)19(6)16(21)22-17(2,3)4/h7-10,14H,11H2,1-6H3. The van der Waals surface area contributed by atoms with Crippen LogP contribution in [-0.4, -0.2) is 29.5 Å². The van der Waals surface area contributed by atoms with Gasteiger partial charge in [0.05, 0.1) is 0 Å². The number of ether oxygens (including phenoxy) is 1. The molecule has 22 heavy (non-hydrogen) atoms. The van der Waals surface area contributed by atoms with Gasteiger partial charge in [-0.05, 0) is 39.7 Å². The van der Waals surface area contributed by atoms with E-state index in [0.717, 1.165) is 16.9 Å². The summed E-state index contributed by atoms with van der Waals surface area (Å²) in [6.07, 6.45) is 0.179. The van der Waals surface area contributed by atoms with E-state index in [1.807, 2.05) is 6.92 Å². The molecule has 1 aliphatic carbocycles. The average Bonchev–Trinajstić information content (AvgIpc) is 3.09. The van der Waals surface area contributed by atoms with Gasteiger partial charge in [-0.2, -0.15) is 0 Å². The van der Waals surface area contributed by atoms with Crippen LogP contribution in [0.15, 0.2) is 24.3 Å². The topological polar surface area (TPSA) is 46.6 Å². The molecule has 2 amide bonds. The second-order valence-corrected chi connectivity index (χ2v) is 7.42. The minimum atomic E-state index is -0.602. The normalized spacial score (nSPS) is 23.8. The van der Waals surface area contributed by atoms with Crippen molar-refractivity contribution in [3.8, 4) is 0 Å². The molecule has 2 rings (SSSR count). The number of carbonyl (C=O) groups excluding carboxylic acids is 2. The molecule has 1 aliphatic rings. The third-order valence-electron chi connectivity index (χ3n) is 4.24. The molecule has 1 aromatic carbocycles. The summed E-state index contributed by atoms with van der Waals surface area (Å²) in [5.41, 5.74) is 1.56. The van der Waals surface area contributed by atoms with E-state index in [1.165, 1.54) is 12.6 Å². The van der Waals surface area contributed by atoms with Crippen molar-refractivity contribution in [2.24, 2.45) is 5.92 Å². The smallest absolute Gasteiger partial charge is 0.416 e. The molecule has 1 saturated carbocycles. The van der Waals surface area contributed by atoms with Crippen LogP contribution in [0, 0.1) is 12.8 Å². The zero-order chi connectivity index (χ0) is 16.7. The van der Waals surface area contributed by atoms with Gasteiger partial charge in [0, 0.05) is 18.4 Å². The molecule has 0 heterocycles. The van der Waals surface area contributed by atoms with Crippen molar-refractivity contribution in [1.29, 1.82) is 0 Å². The lowest BCUT2D eigenvalue weighted by Crippen LogP contribution is -2.39. The maximum atomic E-state index is 12.5. The predicted octanol–water partition coefficient (Wildman–Crippen LogP) is 3.67. The highest BCUT2D eigenvalue weighted by Gasteiger charge is 2.57. The molecular formula is C18H25NO3. The van der Waals surface area contributed by atoms with E-state index in [0.29, 0.717) is 0 Å². The summed E-state index contributed by atoms with van der Waals surface area (Å²) in [6.45, 7) is 9.48. The number of hydrogen-bond donors (Lipinski definition) is 0. The molecule has 2 atom stereocenters. The van der Waals surface area contributed by atoms with Gasteiger partial charge in [0.2, 0.25) is 5.91 Å². The number of hydrogen-bond acceptors (Lipinski definition) is 3. The lowest BCUT2D eigenvalue weighted by atomic mass is 9.94. The van der Waals surface area contributed by atoms with Gasteiger partial charge in [0.1, 0.15) is 5.60 Å². The quantitative estimate of drug-likeness (QED) is 0.837. The minimum absolute atomic E-state index is 0.160. The fourth-order valence-electron chi connectivity index (χ4n) is 2.63. The molecule has 120 valence electrons. The molecule has 2 unspecified atom stereocenters. The Kier molecular flexibility index (Phi) is 4.07. The summed E-state index contributed by atoms with van der Waals surface area (Å²) in [4.78, 5) is 25.6. The summed E-state index contributed by atoms with van der Waals surface area (Å²) in [6, 6.07) is 8.24. The first-order chi connectivity index (χ1) is 10.0. The van der Waals surface area contributed by atoms with Gasteiger partial charge in [-0.15, -0.1) is 0 Å². The number of nitrogens with zero attached hydrogens (tertiary/aromatic N) is 1. The molecule has 0 aliphatic heterocycles. The Morgan fingerprint density at radius 2 is 1.77 bits per heavy atom. The van der Waals surface area contributed by atoms with Crippen LogP contribution < -0.4 is 0 Å². The minimum Gasteiger partial charge on any atom is -0.443 e. The maximum Gasteiger partial charge on any atom is 0.416 e. The van der Waals surface area contributed by atoms with Crippen LogP contribution >= 0.6 is 0 Å². The number of carbonyl (C=O) groups is 2. The Morgan fingerprint density at radius 1 is 1.23 bits per heavy atom. The van der Waals surface area contributed by atoms with E-state index in [2.05, 4.69) is 31.2 Å². The molecule has 0 aromatic heterocycles. The van der Waals surface area contributed by atoms with E-state index in [1.54, 1.807) is 20.8 Å². The summed E-state index contributed by atoms with van der Waals surface area (Å²) >= 11 is 0. The lowest BCUT2D eigenvalue weighted by Gasteiger charge is -2.24. The average molecular weight is 303 g/mol. The Labute approximate surface area is 132 Å². The Bertz CT molecular complexity index is 585. The highest BCUT2D eigenvalue weighted by atomic mass is 16.6. The molecular weight excluding hydrogens is 278 g/mol. The van der Waals surface area contributed by atoms with Crippen molar-refractivity contribution in [2.75, 3.05) is 7.05 Å². The summed E-state index contributed by atoms with van der Waals surface area (Å²) in [5.74, 6) is -0.329. The van der Waals surface area contributed by atoms with Crippen molar-refractivity contribution in [3.63, 3.8) is 0 Å². The maximum absolute atomic E-state index is 12.5. The first kappa shape index (κ1) is 16.5. The number of amides is 2. The summed E-state index contributed by atoms with van der Waals surface area (Å²) < 4.78 is 5.25. The molecule has 0 saturated heterocycles. The number of benzene rings is 1. The number of imide groups is 1. The fraction of sp³-hybridized carbons (Fsp3) is 0.556. The fourth-order valence-corrected chi connectivity index (χ4v) is 2.63. The van der Waals surface area contributed by atoms with Crippen LogP contribution in [0.4, 0.5) is 4.79 Å². The molecule has 0 N–H and O–H groups in total. The van der Waals surface area contributed by atoms with E-state index in [4.69, 9.17) is 4.74 Å². The van der Waals surface area contributed by atoms with Gasteiger partial charge < -0.3 is 4.74 Å². The monoisotopic (exact) mass is 303 g/mol. The first-order valence-electron chi connectivity index (χ1n) is 7.62. The van der Waals surface area contributed by atoms with Crippen LogP contribution in [0.5, 0.6) is 0 Å². The van der Waals surface area contributed by atoms with Gasteiger partial charge in [0.15, 0.2) is 0 Å². The molecule has 0 bridgehead atoms. The van der Waals surface area contributed by atoms with Crippen molar-refractivity contribution in [3.05, 3.63) is 35.4 Å². The van der Waals surface area contributed by atoms with E-state index in [-0.39, 0.29) is 17.2 Å². The van der Waals surface area contributed by atoms with Crippen molar-refractivity contribution in [2.45, 2.75) is 52.1 Å². The SMILES string of the molecule is Cc1ccc(C2(C)CC2C(=O)N(C)C(=O)OC(C)(C)C)cc1. The second-order valence-electron chi connectivity index (χ2n) is 7.42. The largest absolute Gasteiger partial charge is 0.443 e. The first-order valence-corrected chi connectivity index (χ1v) is 7.62. The van der Waals surface area contributed by atoms with Gasteiger partial charge >= 0.3 is 6.09 Å². The molecule has 1 aromatic rings. The van der Waals surface area contributed by atoms with Gasteiger partial charge in [0.25, 0.3) is 0 Å². The highest BCUT2D eigenvalue weighted by molar-refractivity contribution is 5.95. The predicted molar refractivity (Wildman–Crippen MR) is 85.6 cm³/mol. The zero-order valence-corrected chi connectivity index (χ0v) is 14.3. The Morgan fingerprint density at radius 3 is 2.27 bits per heavy atom. The number of aryl methyl sites for hydroxylation is 1. The molecule has 1 fully saturated rings. The summed E-state index contributed by atoms with van der Waals surface area (Å²) in [7, 11) is 1.49. The molecule has 4 heteroatoms. The Balaban J connectivity index is 2.06. The van der Waals surface area contributed by atoms with Crippen LogP contribution in [0.3, 0.4) is 0 Å². The van der Waals surface area contributed by atoms with E-state index < -0.39 is 11.7 Å². The third kappa shape index (κ3) is 3.32. The van der Waals surface area contributed by atoms with Crippen molar-refractivity contribution < 1.29 is 14.3 Å². The van der Waals surface area contributed by atoms with Gasteiger partial charge in [-0.25, -0.2) is 4.79 Å². The van der Waals surface area contributed by atoms with Gasteiger partial charge in [-0.1, -0.05) is 36.8 Å². The zero-order valence-electron chi connectivity index (χ0n) is 14.3. The van der Waals surface area contributed by atoms with Crippen molar-refractivity contribution in [1.82, 2.24) is 4.90 Å². The molecule has 0 spiro atoms. The van der Waals surface area contributed by atoms with Crippen molar-refractivity contribution >= 4 is 12.0 Å². The van der Waals surface area contributed by atoms with E-state index >= 15 is 0 Å². The third-order valence-corrected chi connectivity index (χ3v) is 4.24. The lowest BCUT2D eigenvalue weighted by molar-refractivity contribution is -0.130. The van der Waals surface area contributed by atoms with Crippen LogP contribution in [-0.2, 0) is 14.9 Å². The summed E-state index contributed by atoms with van der Waals surface area (Å²) in [5, 5.41) is 0. The number of rotatable bonds is 2. The van der Waals surface area contributed by atoms with E-state index in [9.17, 15) is 9.59 Å². The molecule has 0 radical (unpaired) electrons. The molecule has 4 nitrogen and oxygen atoms in total.